The molecule has 0 aromatic heterocycles. The Bertz CT molecular complexity index is 671. The lowest BCUT2D eigenvalue weighted by Gasteiger charge is -2.20. The van der Waals surface area contributed by atoms with Gasteiger partial charge in [0.05, 0.1) is 0 Å². The molecular formula is C20H24ClNO. The van der Waals surface area contributed by atoms with Crippen molar-refractivity contribution < 1.29 is 4.79 Å². The fourth-order valence-corrected chi connectivity index (χ4v) is 2.71. The summed E-state index contributed by atoms with van der Waals surface area (Å²) >= 11 is 5.90. The van der Waals surface area contributed by atoms with Crippen LogP contribution in [0.15, 0.2) is 48.5 Å². The van der Waals surface area contributed by atoms with Gasteiger partial charge in [-0.1, -0.05) is 56.6 Å². The van der Waals surface area contributed by atoms with Crippen LogP contribution in [-0.2, 0) is 13.0 Å². The minimum Gasteiger partial charge on any atom is -0.337 e. The van der Waals surface area contributed by atoms with Crippen molar-refractivity contribution in [3.8, 4) is 0 Å². The molecular weight excluding hydrogens is 306 g/mol. The Labute approximate surface area is 144 Å². The average molecular weight is 330 g/mol. The van der Waals surface area contributed by atoms with Crippen LogP contribution in [0.2, 0.25) is 5.02 Å². The minimum atomic E-state index is 0.0377. The maximum atomic E-state index is 12.6. The van der Waals surface area contributed by atoms with Crippen LogP contribution in [0.5, 0.6) is 0 Å². The Morgan fingerprint density at radius 3 is 2.30 bits per heavy atom. The van der Waals surface area contributed by atoms with Crippen molar-refractivity contribution >= 4 is 17.5 Å². The first-order chi connectivity index (χ1) is 10.7. The van der Waals surface area contributed by atoms with Crippen LogP contribution < -0.4 is 0 Å². The van der Waals surface area contributed by atoms with Crippen molar-refractivity contribution in [3.63, 3.8) is 0 Å². The Morgan fingerprint density at radius 1 is 1.04 bits per heavy atom. The summed E-state index contributed by atoms with van der Waals surface area (Å²) in [6.45, 7) is 7.18. The third-order valence-corrected chi connectivity index (χ3v) is 3.84. The SMILES string of the molecule is CN(Cc1ccc(Cl)cc1)C(=O)c1cccc(CC(C)(C)C)c1. The van der Waals surface area contributed by atoms with E-state index in [2.05, 4.69) is 26.8 Å². The fraction of sp³-hybridized carbons (Fsp3) is 0.350. The number of hydrogen-bond acceptors (Lipinski definition) is 1. The lowest BCUT2D eigenvalue weighted by molar-refractivity contribution is 0.0785. The van der Waals surface area contributed by atoms with Crippen molar-refractivity contribution in [1.82, 2.24) is 4.90 Å². The van der Waals surface area contributed by atoms with E-state index in [0.29, 0.717) is 11.6 Å². The number of benzene rings is 2. The molecule has 0 aliphatic heterocycles. The van der Waals surface area contributed by atoms with Gasteiger partial charge in [0.25, 0.3) is 5.91 Å². The summed E-state index contributed by atoms with van der Waals surface area (Å²) in [7, 11) is 1.83. The summed E-state index contributed by atoms with van der Waals surface area (Å²) in [4.78, 5) is 14.4. The zero-order valence-electron chi connectivity index (χ0n) is 14.3. The number of hydrogen-bond donors (Lipinski definition) is 0. The molecule has 2 aromatic carbocycles. The summed E-state index contributed by atoms with van der Waals surface area (Å²) in [5, 5.41) is 0.706. The molecule has 2 nitrogen and oxygen atoms in total. The Kier molecular flexibility index (Phi) is 5.48. The third-order valence-electron chi connectivity index (χ3n) is 3.59. The second-order valence-electron chi connectivity index (χ2n) is 7.23. The van der Waals surface area contributed by atoms with Crippen LogP contribution in [0.4, 0.5) is 0 Å². The van der Waals surface area contributed by atoms with E-state index in [1.165, 1.54) is 5.56 Å². The van der Waals surface area contributed by atoms with Crippen LogP contribution >= 0.6 is 11.6 Å². The van der Waals surface area contributed by atoms with Crippen molar-refractivity contribution in [1.29, 1.82) is 0 Å². The molecule has 2 rings (SSSR count). The highest BCUT2D eigenvalue weighted by Crippen LogP contribution is 2.21. The number of carbonyl (C=O) groups excluding carboxylic acids is 1. The lowest BCUT2D eigenvalue weighted by atomic mass is 9.87. The van der Waals surface area contributed by atoms with E-state index in [1.807, 2.05) is 49.5 Å². The largest absolute Gasteiger partial charge is 0.337 e. The van der Waals surface area contributed by atoms with Crippen LogP contribution in [0.3, 0.4) is 0 Å². The van der Waals surface area contributed by atoms with Crippen LogP contribution in [0.25, 0.3) is 0 Å². The zero-order valence-corrected chi connectivity index (χ0v) is 15.0. The third kappa shape index (κ3) is 5.40. The Hall–Kier alpha value is -1.80. The molecule has 1 amide bonds. The molecule has 122 valence electrons. The molecule has 0 aliphatic carbocycles. The fourth-order valence-electron chi connectivity index (χ4n) is 2.58. The van der Waals surface area contributed by atoms with Gasteiger partial charge in [0, 0.05) is 24.2 Å². The maximum Gasteiger partial charge on any atom is 0.253 e. The predicted molar refractivity (Wildman–Crippen MR) is 96.9 cm³/mol. The first-order valence-corrected chi connectivity index (χ1v) is 8.21. The molecule has 23 heavy (non-hydrogen) atoms. The Morgan fingerprint density at radius 2 is 1.70 bits per heavy atom. The number of nitrogens with zero attached hydrogens (tertiary/aromatic N) is 1. The van der Waals surface area contributed by atoms with Gasteiger partial charge < -0.3 is 4.90 Å². The van der Waals surface area contributed by atoms with E-state index in [9.17, 15) is 4.79 Å². The molecule has 0 radical (unpaired) electrons. The van der Waals surface area contributed by atoms with Crippen molar-refractivity contribution in [2.45, 2.75) is 33.7 Å². The molecule has 0 saturated heterocycles. The molecule has 0 aliphatic rings. The summed E-state index contributed by atoms with van der Waals surface area (Å²) in [6.07, 6.45) is 0.953. The first kappa shape index (κ1) is 17.6. The van der Waals surface area contributed by atoms with Gasteiger partial charge in [0.1, 0.15) is 0 Å². The summed E-state index contributed by atoms with van der Waals surface area (Å²) in [5.41, 5.74) is 3.21. The number of carbonyl (C=O) groups is 1. The van der Waals surface area contributed by atoms with Gasteiger partial charge in [-0.3, -0.25) is 4.79 Å². The summed E-state index contributed by atoms with van der Waals surface area (Å²) < 4.78 is 0. The molecule has 0 spiro atoms. The zero-order chi connectivity index (χ0) is 17.0. The highest BCUT2D eigenvalue weighted by Gasteiger charge is 2.15. The summed E-state index contributed by atoms with van der Waals surface area (Å²) in [6, 6.07) is 15.5. The molecule has 0 fully saturated rings. The van der Waals surface area contributed by atoms with E-state index in [0.717, 1.165) is 17.5 Å². The highest BCUT2D eigenvalue weighted by molar-refractivity contribution is 6.30. The van der Waals surface area contributed by atoms with Crippen molar-refractivity contribution in [2.75, 3.05) is 7.05 Å². The molecule has 2 aromatic rings. The second kappa shape index (κ2) is 7.18. The van der Waals surface area contributed by atoms with E-state index in [1.54, 1.807) is 4.90 Å². The molecule has 0 bridgehead atoms. The normalized spacial score (nSPS) is 11.3. The molecule has 0 saturated carbocycles. The predicted octanol–water partition coefficient (Wildman–Crippen LogP) is 5.20. The molecule has 0 N–H and O–H groups in total. The monoisotopic (exact) mass is 329 g/mol. The van der Waals surface area contributed by atoms with Gasteiger partial charge in [0.15, 0.2) is 0 Å². The molecule has 0 unspecified atom stereocenters. The highest BCUT2D eigenvalue weighted by atomic mass is 35.5. The van der Waals surface area contributed by atoms with Gasteiger partial charge in [0.2, 0.25) is 0 Å². The van der Waals surface area contributed by atoms with E-state index in [4.69, 9.17) is 11.6 Å². The molecule has 0 atom stereocenters. The van der Waals surface area contributed by atoms with Gasteiger partial charge in [-0.15, -0.1) is 0 Å². The van der Waals surface area contributed by atoms with E-state index >= 15 is 0 Å². The number of rotatable bonds is 4. The smallest absolute Gasteiger partial charge is 0.253 e. The van der Waals surface area contributed by atoms with Gasteiger partial charge >= 0.3 is 0 Å². The maximum absolute atomic E-state index is 12.6. The van der Waals surface area contributed by atoms with Crippen LogP contribution in [-0.4, -0.2) is 17.9 Å². The van der Waals surface area contributed by atoms with Crippen molar-refractivity contribution in [3.05, 3.63) is 70.2 Å². The van der Waals surface area contributed by atoms with Gasteiger partial charge in [-0.05, 0) is 47.2 Å². The molecule has 3 heteroatoms. The Balaban J connectivity index is 2.10. The van der Waals surface area contributed by atoms with Crippen LogP contribution in [0, 0.1) is 5.41 Å². The minimum absolute atomic E-state index is 0.0377. The lowest BCUT2D eigenvalue weighted by Crippen LogP contribution is -2.26. The van der Waals surface area contributed by atoms with Gasteiger partial charge in [-0.25, -0.2) is 0 Å². The summed E-state index contributed by atoms with van der Waals surface area (Å²) in [5.74, 6) is 0.0377. The van der Waals surface area contributed by atoms with E-state index < -0.39 is 0 Å². The van der Waals surface area contributed by atoms with Crippen molar-refractivity contribution in [2.24, 2.45) is 5.41 Å². The molecule has 0 heterocycles. The quantitative estimate of drug-likeness (QED) is 0.754. The number of halogens is 1. The van der Waals surface area contributed by atoms with Crippen LogP contribution in [0.1, 0.15) is 42.3 Å². The van der Waals surface area contributed by atoms with Gasteiger partial charge in [-0.2, -0.15) is 0 Å². The second-order valence-corrected chi connectivity index (χ2v) is 7.66. The first-order valence-electron chi connectivity index (χ1n) is 7.83. The average Bonchev–Trinajstić information content (AvgIpc) is 2.47. The topological polar surface area (TPSA) is 20.3 Å². The van der Waals surface area contributed by atoms with E-state index in [-0.39, 0.29) is 11.3 Å². The number of amides is 1. The standard InChI is InChI=1S/C20H24ClNO/c1-20(2,3)13-16-6-5-7-17(12-16)19(23)22(4)14-15-8-10-18(21)11-9-15/h5-12H,13-14H2,1-4H3.